The fourth-order valence-electron chi connectivity index (χ4n) is 7.85. The number of hydrogen-bond acceptors (Lipinski definition) is 3. The molecule has 4 heterocycles. The van der Waals surface area contributed by atoms with Crippen LogP contribution >= 0.6 is 11.3 Å². The van der Waals surface area contributed by atoms with Crippen molar-refractivity contribution in [2.24, 2.45) is 0 Å². The molecule has 4 aromatic heterocycles. The third kappa shape index (κ3) is 3.42. The number of benzene rings is 7. The van der Waals surface area contributed by atoms with Crippen LogP contribution in [-0.4, -0.2) is 9.55 Å². The first-order valence-electron chi connectivity index (χ1n) is 15.9. The molecule has 0 amide bonds. The molecule has 11 rings (SSSR count). The molecule has 0 saturated heterocycles. The fourth-order valence-corrected chi connectivity index (χ4v) is 9.01. The van der Waals surface area contributed by atoms with Crippen molar-refractivity contribution in [1.82, 2.24) is 9.55 Å². The zero-order valence-corrected chi connectivity index (χ0v) is 25.9. The molecule has 0 unspecified atom stereocenters. The van der Waals surface area contributed by atoms with Gasteiger partial charge in [-0.25, -0.2) is 0 Å². The molecule has 3 nitrogen and oxygen atoms in total. The number of para-hydroxylation sites is 1. The van der Waals surface area contributed by atoms with Gasteiger partial charge in [-0.2, -0.15) is 0 Å². The second-order valence-corrected chi connectivity index (χ2v) is 13.4. The van der Waals surface area contributed by atoms with Gasteiger partial charge in [0.2, 0.25) is 0 Å². The molecule has 0 radical (unpaired) electrons. The Kier molecular flexibility index (Phi) is 4.99. The Morgan fingerprint density at radius 2 is 1.28 bits per heavy atom. The quantitative estimate of drug-likeness (QED) is 0.185. The third-order valence-corrected chi connectivity index (χ3v) is 11.0. The lowest BCUT2D eigenvalue weighted by Crippen LogP contribution is -1.96. The summed E-state index contributed by atoms with van der Waals surface area (Å²) in [5, 5.41) is 9.91. The average Bonchev–Trinajstić information content (AvgIpc) is 3.80. The lowest BCUT2D eigenvalue weighted by Gasteiger charge is -2.15. The van der Waals surface area contributed by atoms with Crippen LogP contribution in [0.15, 0.2) is 150 Å². The predicted molar refractivity (Wildman–Crippen MR) is 198 cm³/mol. The Bertz CT molecular complexity index is 3000. The van der Waals surface area contributed by atoms with Gasteiger partial charge in [-0.1, -0.05) is 84.9 Å². The summed E-state index contributed by atoms with van der Waals surface area (Å²) in [6.45, 7) is 0. The molecular weight excluding hydrogens is 593 g/mol. The van der Waals surface area contributed by atoms with Gasteiger partial charge in [0.15, 0.2) is 0 Å². The molecule has 11 aromatic rings. The second kappa shape index (κ2) is 9.29. The van der Waals surface area contributed by atoms with E-state index in [4.69, 9.17) is 4.42 Å². The first kappa shape index (κ1) is 25.2. The molecule has 4 heteroatoms. The summed E-state index contributed by atoms with van der Waals surface area (Å²) >= 11 is 1.87. The van der Waals surface area contributed by atoms with Crippen LogP contribution in [0.2, 0.25) is 0 Å². The zero-order valence-electron chi connectivity index (χ0n) is 25.1. The number of aromatic nitrogens is 2. The van der Waals surface area contributed by atoms with Crippen molar-refractivity contribution in [1.29, 1.82) is 0 Å². The highest BCUT2D eigenvalue weighted by Gasteiger charge is 2.24. The molecule has 0 spiro atoms. The molecule has 0 aliphatic rings. The van der Waals surface area contributed by atoms with E-state index in [0.29, 0.717) is 0 Å². The summed E-state index contributed by atoms with van der Waals surface area (Å²) in [6, 6.07) is 48.3. The lowest BCUT2D eigenvalue weighted by atomic mass is 9.95. The van der Waals surface area contributed by atoms with Gasteiger partial charge >= 0.3 is 0 Å². The summed E-state index contributed by atoms with van der Waals surface area (Å²) < 4.78 is 11.7. The fraction of sp³-hybridized carbons (Fsp3) is 0. The number of furan rings is 1. The smallest absolute Gasteiger partial charge is 0.143 e. The summed E-state index contributed by atoms with van der Waals surface area (Å²) in [7, 11) is 0. The van der Waals surface area contributed by atoms with Crippen molar-refractivity contribution in [2.45, 2.75) is 0 Å². The van der Waals surface area contributed by atoms with Gasteiger partial charge in [0.25, 0.3) is 0 Å². The van der Waals surface area contributed by atoms with Crippen molar-refractivity contribution >= 4 is 86.0 Å². The second-order valence-electron chi connectivity index (χ2n) is 12.3. The number of hydrogen-bond donors (Lipinski definition) is 0. The van der Waals surface area contributed by atoms with E-state index in [1.165, 1.54) is 58.5 Å². The molecule has 0 fully saturated rings. The first-order chi connectivity index (χ1) is 23.3. The molecule has 47 heavy (non-hydrogen) atoms. The number of rotatable bonds is 3. The van der Waals surface area contributed by atoms with E-state index in [1.54, 1.807) is 0 Å². The number of fused-ring (bicyclic) bond motifs is 8. The van der Waals surface area contributed by atoms with Crippen LogP contribution in [0.4, 0.5) is 0 Å². The van der Waals surface area contributed by atoms with Crippen LogP contribution in [0, 0.1) is 0 Å². The Balaban J connectivity index is 1.33. The van der Waals surface area contributed by atoms with E-state index in [0.717, 1.165) is 44.1 Å². The van der Waals surface area contributed by atoms with Crippen LogP contribution in [0.25, 0.3) is 103 Å². The molecular formula is C43H24N2OS. The Morgan fingerprint density at radius 1 is 0.511 bits per heavy atom. The van der Waals surface area contributed by atoms with Crippen LogP contribution < -0.4 is 0 Å². The number of nitrogens with zero attached hydrogens (tertiary/aromatic N) is 2. The molecule has 0 N–H and O–H groups in total. The summed E-state index contributed by atoms with van der Waals surface area (Å²) in [6.07, 6.45) is 3.78. The van der Waals surface area contributed by atoms with Crippen molar-refractivity contribution in [2.75, 3.05) is 0 Å². The van der Waals surface area contributed by atoms with Gasteiger partial charge in [0.05, 0.1) is 11.0 Å². The standard InChI is InChI=1S/C43H24N2OS/c1-2-9-25(10-3-1)33-21-27(16-17-28(33)26-11-8-20-44-24-26)45-35-22-34-29-12-4-6-14-37(29)46-43(34)32-19-18-31-40-30-13-5-7-15-38(30)47-39(40)23-36(45)41(31)42(32)35/h1-24H. The minimum atomic E-state index is 0.917. The molecule has 0 atom stereocenters. The van der Waals surface area contributed by atoms with Crippen molar-refractivity contribution < 1.29 is 4.42 Å². The summed E-state index contributed by atoms with van der Waals surface area (Å²) in [5.41, 5.74) is 10.0. The molecule has 7 aromatic carbocycles. The average molecular weight is 617 g/mol. The minimum absolute atomic E-state index is 0.917. The highest BCUT2D eigenvalue weighted by Crippen LogP contribution is 2.49. The van der Waals surface area contributed by atoms with Gasteiger partial charge in [0, 0.05) is 70.7 Å². The van der Waals surface area contributed by atoms with Gasteiger partial charge in [0.1, 0.15) is 11.2 Å². The van der Waals surface area contributed by atoms with E-state index < -0.39 is 0 Å². The SMILES string of the molecule is c1ccc(-c2cc(-n3c4cc5c6ccccc6oc5c5ccc6c7c(cc3c6c54)sc3ccccc37)ccc2-c2cccnc2)cc1. The maximum absolute atomic E-state index is 6.60. The Hall–Kier alpha value is -5.97. The van der Waals surface area contributed by atoms with Gasteiger partial charge in [-0.3, -0.25) is 4.98 Å². The number of pyridine rings is 1. The molecule has 0 aliphatic carbocycles. The first-order valence-corrected chi connectivity index (χ1v) is 16.7. The van der Waals surface area contributed by atoms with Crippen LogP contribution in [0.3, 0.4) is 0 Å². The number of thiophene rings is 1. The van der Waals surface area contributed by atoms with Gasteiger partial charge in [-0.15, -0.1) is 11.3 Å². The lowest BCUT2D eigenvalue weighted by molar-refractivity contribution is 0.673. The summed E-state index contributed by atoms with van der Waals surface area (Å²) in [4.78, 5) is 4.45. The molecule has 0 saturated carbocycles. The van der Waals surface area contributed by atoms with E-state index in [1.807, 2.05) is 35.9 Å². The third-order valence-electron chi connectivity index (χ3n) is 9.84. The van der Waals surface area contributed by atoms with E-state index >= 15 is 0 Å². The van der Waals surface area contributed by atoms with Crippen LogP contribution in [0.1, 0.15) is 0 Å². The van der Waals surface area contributed by atoms with Crippen molar-refractivity contribution in [3.05, 3.63) is 146 Å². The predicted octanol–water partition coefficient (Wildman–Crippen LogP) is 12.4. The normalized spacial score (nSPS) is 12.3. The maximum Gasteiger partial charge on any atom is 0.143 e. The van der Waals surface area contributed by atoms with Crippen molar-refractivity contribution in [3.63, 3.8) is 0 Å². The van der Waals surface area contributed by atoms with E-state index in [9.17, 15) is 0 Å². The zero-order chi connectivity index (χ0) is 30.6. The van der Waals surface area contributed by atoms with Gasteiger partial charge in [-0.05, 0) is 70.6 Å². The molecule has 0 aliphatic heterocycles. The van der Waals surface area contributed by atoms with E-state index in [2.05, 4.69) is 131 Å². The maximum atomic E-state index is 6.60. The topological polar surface area (TPSA) is 31.0 Å². The molecule has 218 valence electrons. The monoisotopic (exact) mass is 616 g/mol. The van der Waals surface area contributed by atoms with Gasteiger partial charge < -0.3 is 8.98 Å². The summed E-state index contributed by atoms with van der Waals surface area (Å²) in [5.74, 6) is 0. The Labute approximate surface area is 272 Å². The Morgan fingerprint density at radius 3 is 2.17 bits per heavy atom. The highest BCUT2D eigenvalue weighted by molar-refractivity contribution is 7.26. The van der Waals surface area contributed by atoms with Crippen LogP contribution in [0.5, 0.6) is 0 Å². The highest BCUT2D eigenvalue weighted by atomic mass is 32.1. The van der Waals surface area contributed by atoms with E-state index in [-0.39, 0.29) is 0 Å². The molecule has 0 bridgehead atoms. The largest absolute Gasteiger partial charge is 0.455 e. The van der Waals surface area contributed by atoms with Crippen molar-refractivity contribution in [3.8, 4) is 27.9 Å². The minimum Gasteiger partial charge on any atom is -0.455 e. The van der Waals surface area contributed by atoms with Crippen LogP contribution in [-0.2, 0) is 0 Å².